The normalized spacial score (nSPS) is 10.6. The third kappa shape index (κ3) is 3.72. The molecule has 0 bridgehead atoms. The summed E-state index contributed by atoms with van der Waals surface area (Å²) in [6.45, 7) is 3.13. The molecular formula is C15H19N3O3. The zero-order valence-electron chi connectivity index (χ0n) is 12.4. The van der Waals surface area contributed by atoms with Gasteiger partial charge < -0.3 is 10.0 Å². The number of carbonyl (C=O) groups excluding carboxylic acids is 1. The average molecular weight is 289 g/mol. The molecule has 0 saturated carbocycles. The largest absolute Gasteiger partial charge is 0.480 e. The topological polar surface area (TPSA) is 84.6 Å². The Labute approximate surface area is 124 Å². The Morgan fingerprint density at radius 1 is 1.29 bits per heavy atom. The molecule has 0 aliphatic rings. The lowest BCUT2D eigenvalue weighted by molar-refractivity contribution is -0.146. The number of benzene rings is 1. The second-order valence-electron chi connectivity index (χ2n) is 5.10. The lowest BCUT2D eigenvalue weighted by Crippen LogP contribution is -2.55. The molecule has 0 spiro atoms. The van der Waals surface area contributed by atoms with Gasteiger partial charge in [-0.3, -0.25) is 4.90 Å². The summed E-state index contributed by atoms with van der Waals surface area (Å²) in [5, 5.41) is 18.0. The van der Waals surface area contributed by atoms with Crippen molar-refractivity contribution in [1.82, 2.24) is 4.90 Å². The van der Waals surface area contributed by atoms with Crippen molar-refractivity contribution in [2.24, 2.45) is 0 Å². The van der Waals surface area contributed by atoms with Crippen LogP contribution in [0.15, 0.2) is 30.3 Å². The molecule has 0 unspecified atom stereocenters. The fourth-order valence-electron chi connectivity index (χ4n) is 1.67. The molecule has 1 rings (SSSR count). The maximum absolute atomic E-state index is 12.6. The van der Waals surface area contributed by atoms with Gasteiger partial charge in [0.15, 0.2) is 0 Å². The van der Waals surface area contributed by atoms with E-state index in [0.717, 1.165) is 0 Å². The molecule has 6 heteroatoms. The predicted octanol–water partition coefficient (Wildman–Crippen LogP) is 2.32. The van der Waals surface area contributed by atoms with Gasteiger partial charge in [-0.05, 0) is 26.0 Å². The molecule has 0 aliphatic heterocycles. The van der Waals surface area contributed by atoms with Gasteiger partial charge in [-0.2, -0.15) is 5.26 Å². The summed E-state index contributed by atoms with van der Waals surface area (Å²) >= 11 is 0. The van der Waals surface area contributed by atoms with E-state index in [0.29, 0.717) is 5.69 Å². The summed E-state index contributed by atoms with van der Waals surface area (Å²) in [5.74, 6) is -1.09. The molecule has 0 radical (unpaired) electrons. The monoisotopic (exact) mass is 289 g/mol. The van der Waals surface area contributed by atoms with E-state index in [2.05, 4.69) is 0 Å². The van der Waals surface area contributed by atoms with Crippen molar-refractivity contribution < 1.29 is 14.7 Å². The minimum Gasteiger partial charge on any atom is -0.480 e. The SMILES string of the molecule is CN(C(=O)N(CCC#N)c1ccccc1)C(C)(C)C(=O)O. The summed E-state index contributed by atoms with van der Waals surface area (Å²) in [7, 11) is 1.44. The van der Waals surface area contributed by atoms with Gasteiger partial charge in [0.05, 0.1) is 12.5 Å². The minimum atomic E-state index is -1.34. The Hall–Kier alpha value is -2.55. The van der Waals surface area contributed by atoms with Crippen LogP contribution in [0.1, 0.15) is 20.3 Å². The first-order chi connectivity index (χ1) is 9.82. The highest BCUT2D eigenvalue weighted by Gasteiger charge is 2.37. The lowest BCUT2D eigenvalue weighted by Gasteiger charge is -2.35. The van der Waals surface area contributed by atoms with Crippen LogP contribution in [-0.2, 0) is 4.79 Å². The number of carboxylic acids is 1. The summed E-state index contributed by atoms with van der Waals surface area (Å²) in [6, 6.07) is 10.4. The van der Waals surface area contributed by atoms with E-state index in [9.17, 15) is 14.7 Å². The number of hydrogen-bond donors (Lipinski definition) is 1. The molecule has 1 N–H and O–H groups in total. The zero-order chi connectivity index (χ0) is 16.0. The van der Waals surface area contributed by atoms with Gasteiger partial charge in [0.2, 0.25) is 0 Å². The zero-order valence-corrected chi connectivity index (χ0v) is 12.4. The number of para-hydroxylation sites is 1. The molecule has 0 fully saturated rings. The number of amides is 2. The molecule has 0 aromatic heterocycles. The van der Waals surface area contributed by atoms with Crippen molar-refractivity contribution in [3.05, 3.63) is 30.3 Å². The van der Waals surface area contributed by atoms with Gasteiger partial charge >= 0.3 is 12.0 Å². The number of carbonyl (C=O) groups is 2. The molecule has 0 aliphatic carbocycles. The summed E-state index contributed by atoms with van der Waals surface area (Å²) in [4.78, 5) is 26.4. The summed E-state index contributed by atoms with van der Waals surface area (Å²) in [5.41, 5.74) is -0.706. The fourth-order valence-corrected chi connectivity index (χ4v) is 1.67. The molecule has 0 heterocycles. The van der Waals surface area contributed by atoms with Crippen LogP contribution in [0.25, 0.3) is 0 Å². The second kappa shape index (κ2) is 6.75. The van der Waals surface area contributed by atoms with Crippen LogP contribution in [0, 0.1) is 11.3 Å². The number of hydrogen-bond acceptors (Lipinski definition) is 3. The number of aliphatic carboxylic acids is 1. The lowest BCUT2D eigenvalue weighted by atomic mass is 10.0. The van der Waals surface area contributed by atoms with Crippen molar-refractivity contribution in [1.29, 1.82) is 5.26 Å². The first-order valence-corrected chi connectivity index (χ1v) is 6.53. The maximum Gasteiger partial charge on any atom is 0.329 e. The van der Waals surface area contributed by atoms with Crippen LogP contribution < -0.4 is 4.90 Å². The number of likely N-dealkylation sites (N-methyl/N-ethyl adjacent to an activating group) is 1. The van der Waals surface area contributed by atoms with Crippen molar-refractivity contribution in [3.8, 4) is 6.07 Å². The molecule has 2 amide bonds. The minimum absolute atomic E-state index is 0.169. The van der Waals surface area contributed by atoms with E-state index >= 15 is 0 Å². The standard InChI is InChI=1S/C15H19N3O3/c1-15(2,13(19)20)17(3)14(21)18(11-7-10-16)12-8-5-4-6-9-12/h4-6,8-9H,7,11H2,1-3H3,(H,19,20). The van der Waals surface area contributed by atoms with Gasteiger partial charge in [0, 0.05) is 19.3 Å². The van der Waals surface area contributed by atoms with E-state index in [-0.39, 0.29) is 13.0 Å². The van der Waals surface area contributed by atoms with Gasteiger partial charge in [0.25, 0.3) is 0 Å². The van der Waals surface area contributed by atoms with Crippen LogP contribution in [0.5, 0.6) is 0 Å². The third-order valence-electron chi connectivity index (χ3n) is 3.39. The average Bonchev–Trinajstić information content (AvgIpc) is 2.47. The number of urea groups is 1. The van der Waals surface area contributed by atoms with E-state index < -0.39 is 17.5 Å². The van der Waals surface area contributed by atoms with E-state index in [1.54, 1.807) is 24.3 Å². The van der Waals surface area contributed by atoms with E-state index in [4.69, 9.17) is 5.26 Å². The van der Waals surface area contributed by atoms with Crippen molar-refractivity contribution in [2.45, 2.75) is 25.8 Å². The van der Waals surface area contributed by atoms with Crippen LogP contribution >= 0.6 is 0 Å². The molecule has 21 heavy (non-hydrogen) atoms. The predicted molar refractivity (Wildman–Crippen MR) is 78.9 cm³/mol. The van der Waals surface area contributed by atoms with Crippen molar-refractivity contribution >= 4 is 17.7 Å². The molecule has 1 aromatic carbocycles. The highest BCUT2D eigenvalue weighted by Crippen LogP contribution is 2.20. The quantitative estimate of drug-likeness (QED) is 0.901. The van der Waals surface area contributed by atoms with Gasteiger partial charge in [-0.15, -0.1) is 0 Å². The van der Waals surface area contributed by atoms with E-state index in [1.807, 2.05) is 12.1 Å². The first-order valence-electron chi connectivity index (χ1n) is 6.53. The summed E-state index contributed by atoms with van der Waals surface area (Å²) < 4.78 is 0. The highest BCUT2D eigenvalue weighted by atomic mass is 16.4. The van der Waals surface area contributed by atoms with Crippen molar-refractivity contribution in [3.63, 3.8) is 0 Å². The molecule has 6 nitrogen and oxygen atoms in total. The van der Waals surface area contributed by atoms with Gasteiger partial charge in [0.1, 0.15) is 5.54 Å². The number of nitrogens with zero attached hydrogens (tertiary/aromatic N) is 3. The molecule has 0 saturated heterocycles. The van der Waals surface area contributed by atoms with Gasteiger partial charge in [-0.25, -0.2) is 9.59 Å². The van der Waals surface area contributed by atoms with Crippen LogP contribution in [0.2, 0.25) is 0 Å². The Balaban J connectivity index is 3.07. The second-order valence-corrected chi connectivity index (χ2v) is 5.10. The number of nitriles is 1. The molecule has 0 atom stereocenters. The molecule has 1 aromatic rings. The molecule has 112 valence electrons. The smallest absolute Gasteiger partial charge is 0.329 e. The Morgan fingerprint density at radius 3 is 2.33 bits per heavy atom. The number of rotatable bonds is 5. The third-order valence-corrected chi connectivity index (χ3v) is 3.39. The Morgan fingerprint density at radius 2 is 1.86 bits per heavy atom. The summed E-state index contributed by atoms with van der Waals surface area (Å²) in [6.07, 6.45) is 0.169. The number of carboxylic acid groups (broad SMARTS) is 1. The van der Waals surface area contributed by atoms with Crippen LogP contribution in [0.4, 0.5) is 10.5 Å². The number of anilines is 1. The van der Waals surface area contributed by atoms with Crippen LogP contribution in [-0.4, -0.2) is 41.1 Å². The van der Waals surface area contributed by atoms with Crippen molar-refractivity contribution in [2.75, 3.05) is 18.5 Å². The maximum atomic E-state index is 12.6. The Bertz CT molecular complexity index is 549. The van der Waals surface area contributed by atoms with E-state index in [1.165, 1.54) is 30.7 Å². The highest BCUT2D eigenvalue weighted by molar-refractivity contribution is 5.95. The first kappa shape index (κ1) is 16.5. The Kier molecular flexibility index (Phi) is 5.30. The molecular weight excluding hydrogens is 270 g/mol. The van der Waals surface area contributed by atoms with Gasteiger partial charge in [-0.1, -0.05) is 18.2 Å². The fraction of sp³-hybridized carbons (Fsp3) is 0.400. The van der Waals surface area contributed by atoms with Crippen LogP contribution in [0.3, 0.4) is 0 Å².